The van der Waals surface area contributed by atoms with Gasteiger partial charge in [0, 0.05) is 17.8 Å². The van der Waals surface area contributed by atoms with Gasteiger partial charge in [0.15, 0.2) is 0 Å². The minimum Gasteiger partial charge on any atom is -0.280 e. The number of non-ortho nitro benzene ring substituents is 1. The molecule has 25 heavy (non-hydrogen) atoms. The van der Waals surface area contributed by atoms with Crippen molar-refractivity contribution in [1.82, 2.24) is 20.2 Å². The van der Waals surface area contributed by atoms with Gasteiger partial charge in [0.05, 0.1) is 15.5 Å². The fraction of sp³-hybridized carbons (Fsp3) is 0.0714. The molecular weight excluding hydrogens is 348 g/mol. The van der Waals surface area contributed by atoms with Gasteiger partial charge in [-0.05, 0) is 53.2 Å². The Morgan fingerprint density at radius 2 is 1.88 bits per heavy atom. The van der Waals surface area contributed by atoms with Gasteiger partial charge in [0.25, 0.3) is 15.7 Å². The van der Waals surface area contributed by atoms with Gasteiger partial charge in [0.1, 0.15) is 6.33 Å². The zero-order valence-corrected chi connectivity index (χ0v) is 13.7. The third-order valence-electron chi connectivity index (χ3n) is 3.40. The van der Waals surface area contributed by atoms with E-state index >= 15 is 0 Å². The third-order valence-corrected chi connectivity index (χ3v) is 4.80. The van der Waals surface area contributed by atoms with Gasteiger partial charge in [0.2, 0.25) is 0 Å². The lowest BCUT2D eigenvalue weighted by Crippen LogP contribution is -2.13. The number of aromatic nitrogens is 4. The zero-order valence-electron chi connectivity index (χ0n) is 12.9. The molecule has 0 amide bonds. The van der Waals surface area contributed by atoms with Crippen LogP contribution in [0.15, 0.2) is 53.7 Å². The van der Waals surface area contributed by atoms with E-state index in [-0.39, 0.29) is 10.6 Å². The van der Waals surface area contributed by atoms with Crippen LogP contribution in [0.3, 0.4) is 0 Å². The summed E-state index contributed by atoms with van der Waals surface area (Å²) in [5.74, 6) is 0. The number of nitrogens with zero attached hydrogens (tertiary/aromatic N) is 5. The van der Waals surface area contributed by atoms with E-state index in [4.69, 9.17) is 0 Å². The summed E-state index contributed by atoms with van der Waals surface area (Å²) >= 11 is 0. The zero-order chi connectivity index (χ0) is 18.0. The second kappa shape index (κ2) is 6.28. The Morgan fingerprint density at radius 1 is 1.16 bits per heavy atom. The highest BCUT2D eigenvalue weighted by molar-refractivity contribution is 7.92. The Kier molecular flexibility index (Phi) is 4.15. The van der Waals surface area contributed by atoms with E-state index in [2.05, 4.69) is 20.2 Å². The molecule has 0 atom stereocenters. The molecule has 1 N–H and O–H groups in total. The molecule has 3 rings (SSSR count). The minimum absolute atomic E-state index is 0.0692. The van der Waals surface area contributed by atoms with Crippen molar-refractivity contribution in [2.24, 2.45) is 0 Å². The fourth-order valence-electron chi connectivity index (χ4n) is 2.21. The fourth-order valence-corrected chi connectivity index (χ4v) is 3.26. The summed E-state index contributed by atoms with van der Waals surface area (Å²) < 4.78 is 28.7. The summed E-state index contributed by atoms with van der Waals surface area (Å²) in [7, 11) is -3.86. The normalized spacial score (nSPS) is 11.2. The summed E-state index contributed by atoms with van der Waals surface area (Å²) in [6.07, 6.45) is 1.43. The molecule has 0 aliphatic rings. The molecule has 0 fully saturated rings. The molecule has 2 aromatic carbocycles. The van der Waals surface area contributed by atoms with Crippen LogP contribution in [-0.4, -0.2) is 33.5 Å². The first kappa shape index (κ1) is 16.5. The van der Waals surface area contributed by atoms with Crippen molar-refractivity contribution in [3.8, 4) is 5.69 Å². The molecule has 0 spiro atoms. The predicted molar refractivity (Wildman–Crippen MR) is 87.8 cm³/mol. The van der Waals surface area contributed by atoms with E-state index in [1.54, 1.807) is 25.1 Å². The van der Waals surface area contributed by atoms with Crippen LogP contribution in [0.1, 0.15) is 5.56 Å². The molecule has 3 aromatic rings. The average Bonchev–Trinajstić information content (AvgIpc) is 3.09. The Morgan fingerprint density at radius 3 is 2.44 bits per heavy atom. The molecule has 0 aliphatic carbocycles. The molecule has 0 saturated carbocycles. The molecular formula is C14H12N6O4S. The van der Waals surface area contributed by atoms with Gasteiger partial charge in [-0.15, -0.1) is 5.10 Å². The maximum Gasteiger partial charge on any atom is 0.269 e. The molecule has 11 heteroatoms. The molecule has 0 saturated heterocycles. The van der Waals surface area contributed by atoms with Crippen molar-refractivity contribution < 1.29 is 13.3 Å². The van der Waals surface area contributed by atoms with Gasteiger partial charge in [-0.25, -0.2) is 13.1 Å². The SMILES string of the molecule is Cc1cc(NS(=O)(=O)c2ccc([N+](=O)[O-])cc2)ccc1-n1cnnn1. The maximum atomic E-state index is 12.4. The summed E-state index contributed by atoms with van der Waals surface area (Å²) in [6, 6.07) is 9.54. The second-order valence-electron chi connectivity index (χ2n) is 5.11. The highest BCUT2D eigenvalue weighted by Gasteiger charge is 2.16. The Balaban J connectivity index is 1.85. The molecule has 0 radical (unpaired) electrons. The van der Waals surface area contributed by atoms with Crippen LogP contribution >= 0.6 is 0 Å². The number of benzene rings is 2. The first-order chi connectivity index (χ1) is 11.9. The lowest BCUT2D eigenvalue weighted by atomic mass is 10.2. The molecule has 0 unspecified atom stereocenters. The van der Waals surface area contributed by atoms with E-state index in [1.807, 2.05) is 0 Å². The summed E-state index contributed by atoms with van der Waals surface area (Å²) in [4.78, 5) is 9.98. The molecule has 1 heterocycles. The van der Waals surface area contributed by atoms with Gasteiger partial charge >= 0.3 is 0 Å². The van der Waals surface area contributed by atoms with Crippen molar-refractivity contribution in [2.45, 2.75) is 11.8 Å². The Labute approximate surface area is 142 Å². The largest absolute Gasteiger partial charge is 0.280 e. The van der Waals surface area contributed by atoms with Crippen molar-refractivity contribution in [2.75, 3.05) is 4.72 Å². The number of nitrogens with one attached hydrogen (secondary N) is 1. The van der Waals surface area contributed by atoms with Crippen LogP contribution < -0.4 is 4.72 Å². The number of aryl methyl sites for hydroxylation is 1. The molecule has 0 bridgehead atoms. The standard InChI is InChI=1S/C14H12N6O4S/c1-10-8-11(2-7-14(10)19-9-15-17-18-19)16-25(23,24)13-5-3-12(4-6-13)20(21)22/h2-9,16H,1H3. The first-order valence-electron chi connectivity index (χ1n) is 6.98. The van der Waals surface area contributed by atoms with Crippen molar-refractivity contribution >= 4 is 21.4 Å². The van der Waals surface area contributed by atoms with Gasteiger partial charge in [-0.3, -0.25) is 14.8 Å². The van der Waals surface area contributed by atoms with E-state index in [0.29, 0.717) is 11.4 Å². The van der Waals surface area contributed by atoms with Crippen LogP contribution in [0.4, 0.5) is 11.4 Å². The highest BCUT2D eigenvalue weighted by Crippen LogP contribution is 2.22. The quantitative estimate of drug-likeness (QED) is 0.540. The highest BCUT2D eigenvalue weighted by atomic mass is 32.2. The lowest BCUT2D eigenvalue weighted by Gasteiger charge is -2.11. The van der Waals surface area contributed by atoms with Crippen LogP contribution in [0.25, 0.3) is 5.69 Å². The van der Waals surface area contributed by atoms with Gasteiger partial charge < -0.3 is 0 Å². The number of tetrazole rings is 1. The predicted octanol–water partition coefficient (Wildman–Crippen LogP) is 1.68. The number of nitro groups is 1. The molecule has 0 aliphatic heterocycles. The molecule has 1 aromatic heterocycles. The Bertz CT molecular complexity index is 1020. The van der Waals surface area contributed by atoms with Crippen molar-refractivity contribution in [1.29, 1.82) is 0 Å². The summed E-state index contributed by atoms with van der Waals surface area (Å²) in [6.45, 7) is 1.79. The molecule has 128 valence electrons. The van der Waals surface area contributed by atoms with E-state index in [1.165, 1.54) is 23.1 Å². The van der Waals surface area contributed by atoms with Crippen molar-refractivity contribution in [3.05, 3.63) is 64.5 Å². The van der Waals surface area contributed by atoms with E-state index in [9.17, 15) is 18.5 Å². The van der Waals surface area contributed by atoms with Crippen LogP contribution in [0.5, 0.6) is 0 Å². The van der Waals surface area contributed by atoms with E-state index in [0.717, 1.165) is 17.7 Å². The monoisotopic (exact) mass is 360 g/mol. The number of nitro benzene ring substituents is 1. The number of anilines is 1. The number of hydrogen-bond acceptors (Lipinski definition) is 7. The van der Waals surface area contributed by atoms with Crippen LogP contribution in [0.2, 0.25) is 0 Å². The average molecular weight is 360 g/mol. The van der Waals surface area contributed by atoms with Crippen LogP contribution in [-0.2, 0) is 10.0 Å². The third kappa shape index (κ3) is 3.45. The number of hydrogen-bond donors (Lipinski definition) is 1. The number of rotatable bonds is 5. The summed E-state index contributed by atoms with van der Waals surface area (Å²) in [5.41, 5.74) is 1.65. The lowest BCUT2D eigenvalue weighted by molar-refractivity contribution is -0.384. The summed E-state index contributed by atoms with van der Waals surface area (Å²) in [5, 5.41) is 21.5. The number of sulfonamides is 1. The Hall–Kier alpha value is -3.34. The first-order valence-corrected chi connectivity index (χ1v) is 8.46. The minimum atomic E-state index is -3.86. The smallest absolute Gasteiger partial charge is 0.269 e. The van der Waals surface area contributed by atoms with Gasteiger partial charge in [-0.2, -0.15) is 0 Å². The second-order valence-corrected chi connectivity index (χ2v) is 6.79. The van der Waals surface area contributed by atoms with E-state index < -0.39 is 14.9 Å². The van der Waals surface area contributed by atoms with Crippen molar-refractivity contribution in [3.63, 3.8) is 0 Å². The maximum absolute atomic E-state index is 12.4. The van der Waals surface area contributed by atoms with Gasteiger partial charge in [-0.1, -0.05) is 0 Å². The van der Waals surface area contributed by atoms with Crippen LogP contribution in [0, 0.1) is 17.0 Å². The topological polar surface area (TPSA) is 133 Å². The molecule has 10 nitrogen and oxygen atoms in total.